The first-order chi connectivity index (χ1) is 11.4. The molecule has 1 atom stereocenters. The Kier molecular flexibility index (Phi) is 5.87. The number of hydrogen-bond acceptors (Lipinski definition) is 3. The zero-order valence-corrected chi connectivity index (χ0v) is 13.5. The van der Waals surface area contributed by atoms with Gasteiger partial charge in [-0.2, -0.15) is 0 Å². The molecular weight excluding hydrogens is 314 g/mol. The van der Waals surface area contributed by atoms with Crippen LogP contribution < -0.4 is 10.6 Å². The zero-order valence-electron chi connectivity index (χ0n) is 13.5. The quantitative estimate of drug-likeness (QED) is 0.760. The van der Waals surface area contributed by atoms with E-state index in [1.165, 1.54) is 0 Å². The molecule has 0 aliphatic carbocycles. The second kappa shape index (κ2) is 7.88. The number of carbonyl (C=O) groups is 1. The van der Waals surface area contributed by atoms with E-state index >= 15 is 0 Å². The van der Waals surface area contributed by atoms with Gasteiger partial charge in [0.25, 0.3) is 5.91 Å². The molecule has 24 heavy (non-hydrogen) atoms. The van der Waals surface area contributed by atoms with Crippen LogP contribution in [0.1, 0.15) is 35.9 Å². The molecule has 3 N–H and O–H groups in total. The Hall–Kier alpha value is -2.47. The molecule has 0 radical (unpaired) electrons. The number of benzene rings is 2. The lowest BCUT2D eigenvalue weighted by Crippen LogP contribution is -2.28. The van der Waals surface area contributed by atoms with Gasteiger partial charge in [-0.15, -0.1) is 0 Å². The fourth-order valence-electron chi connectivity index (χ4n) is 2.26. The van der Waals surface area contributed by atoms with Crippen LogP contribution in [0.25, 0.3) is 0 Å². The van der Waals surface area contributed by atoms with Gasteiger partial charge in [0.1, 0.15) is 11.6 Å². The number of amides is 1. The first-order valence-corrected chi connectivity index (χ1v) is 7.64. The largest absolute Gasteiger partial charge is 0.386 e. The Bertz CT molecular complexity index is 720. The number of halogens is 2. The van der Waals surface area contributed by atoms with Crippen LogP contribution in [0.5, 0.6) is 0 Å². The summed E-state index contributed by atoms with van der Waals surface area (Å²) < 4.78 is 26.5. The number of aliphatic hydroxyl groups is 1. The van der Waals surface area contributed by atoms with Crippen molar-refractivity contribution in [2.45, 2.75) is 26.0 Å². The van der Waals surface area contributed by atoms with Crippen molar-refractivity contribution in [3.05, 3.63) is 65.2 Å². The van der Waals surface area contributed by atoms with Crippen molar-refractivity contribution in [3.8, 4) is 0 Å². The number of rotatable bonds is 6. The summed E-state index contributed by atoms with van der Waals surface area (Å²) in [6.45, 7) is 3.80. The molecule has 0 spiro atoms. The highest BCUT2D eigenvalue weighted by atomic mass is 19.1. The summed E-state index contributed by atoms with van der Waals surface area (Å²) in [6, 6.07) is 10.1. The van der Waals surface area contributed by atoms with Crippen molar-refractivity contribution in [2.75, 3.05) is 11.9 Å². The summed E-state index contributed by atoms with van der Waals surface area (Å²) in [7, 11) is 0. The molecule has 0 aliphatic heterocycles. The molecule has 0 bridgehead atoms. The molecule has 4 nitrogen and oxygen atoms in total. The van der Waals surface area contributed by atoms with E-state index in [1.54, 1.807) is 18.2 Å². The second-order valence-corrected chi connectivity index (χ2v) is 5.77. The van der Waals surface area contributed by atoms with Gasteiger partial charge in [0.05, 0.1) is 6.10 Å². The van der Waals surface area contributed by atoms with Crippen LogP contribution in [0.3, 0.4) is 0 Å². The molecule has 0 saturated carbocycles. The van der Waals surface area contributed by atoms with E-state index in [-0.39, 0.29) is 24.1 Å². The zero-order chi connectivity index (χ0) is 17.7. The van der Waals surface area contributed by atoms with Gasteiger partial charge in [0, 0.05) is 35.5 Å². The van der Waals surface area contributed by atoms with E-state index in [1.807, 2.05) is 19.9 Å². The summed E-state index contributed by atoms with van der Waals surface area (Å²) in [5, 5.41) is 15.7. The number of aliphatic hydroxyl groups excluding tert-OH is 1. The van der Waals surface area contributed by atoms with Crippen molar-refractivity contribution in [2.24, 2.45) is 0 Å². The molecule has 0 saturated heterocycles. The SMILES string of the molecule is CC(C)Nc1cccc(C(=O)NC[C@@H](O)c2ccc(F)cc2F)c1. The van der Waals surface area contributed by atoms with Crippen molar-refractivity contribution in [1.29, 1.82) is 0 Å². The van der Waals surface area contributed by atoms with Crippen molar-refractivity contribution < 1.29 is 18.7 Å². The van der Waals surface area contributed by atoms with E-state index in [2.05, 4.69) is 10.6 Å². The van der Waals surface area contributed by atoms with Gasteiger partial charge in [-0.1, -0.05) is 12.1 Å². The number of anilines is 1. The fourth-order valence-corrected chi connectivity index (χ4v) is 2.26. The maximum absolute atomic E-state index is 13.6. The van der Waals surface area contributed by atoms with E-state index in [9.17, 15) is 18.7 Å². The lowest BCUT2D eigenvalue weighted by Gasteiger charge is -2.14. The lowest BCUT2D eigenvalue weighted by molar-refractivity contribution is 0.0914. The molecule has 2 aromatic rings. The topological polar surface area (TPSA) is 61.4 Å². The van der Waals surface area contributed by atoms with Crippen LogP contribution in [0.2, 0.25) is 0 Å². The number of carbonyl (C=O) groups excluding carboxylic acids is 1. The normalized spacial score (nSPS) is 12.1. The van der Waals surface area contributed by atoms with Gasteiger partial charge in [-0.25, -0.2) is 8.78 Å². The third-order valence-electron chi connectivity index (χ3n) is 3.36. The standard InChI is InChI=1S/C18H20F2N2O2/c1-11(2)22-14-5-3-4-12(8-14)18(24)21-10-17(23)15-7-6-13(19)9-16(15)20/h3-9,11,17,22-23H,10H2,1-2H3,(H,21,24)/t17-/m1/s1. The van der Waals surface area contributed by atoms with E-state index in [0.29, 0.717) is 11.6 Å². The molecule has 6 heteroatoms. The fraction of sp³-hybridized carbons (Fsp3) is 0.278. The molecular formula is C18H20F2N2O2. The third kappa shape index (κ3) is 4.76. The highest BCUT2D eigenvalue weighted by molar-refractivity contribution is 5.95. The summed E-state index contributed by atoms with van der Waals surface area (Å²) in [6.07, 6.45) is -1.26. The first kappa shape index (κ1) is 17.9. The smallest absolute Gasteiger partial charge is 0.251 e. The van der Waals surface area contributed by atoms with E-state index in [4.69, 9.17) is 0 Å². The van der Waals surface area contributed by atoms with Gasteiger partial charge >= 0.3 is 0 Å². The lowest BCUT2D eigenvalue weighted by atomic mass is 10.1. The summed E-state index contributed by atoms with van der Waals surface area (Å²) in [5.74, 6) is -1.95. The Balaban J connectivity index is 1.99. The van der Waals surface area contributed by atoms with Gasteiger partial charge < -0.3 is 15.7 Å². The van der Waals surface area contributed by atoms with Gasteiger partial charge in [-0.05, 0) is 38.1 Å². The summed E-state index contributed by atoms with van der Waals surface area (Å²) in [5.41, 5.74) is 1.17. The molecule has 1 amide bonds. The Morgan fingerprint density at radius 3 is 2.58 bits per heavy atom. The van der Waals surface area contributed by atoms with Crippen LogP contribution in [0.4, 0.5) is 14.5 Å². The minimum Gasteiger partial charge on any atom is -0.386 e. The number of nitrogens with one attached hydrogen (secondary N) is 2. The predicted octanol–water partition coefficient (Wildman–Crippen LogP) is 3.25. The van der Waals surface area contributed by atoms with Crippen molar-refractivity contribution in [1.82, 2.24) is 5.32 Å². The molecule has 0 heterocycles. The van der Waals surface area contributed by atoms with Gasteiger partial charge in [0.2, 0.25) is 0 Å². The average molecular weight is 334 g/mol. The van der Waals surface area contributed by atoms with Crippen molar-refractivity contribution >= 4 is 11.6 Å². The van der Waals surface area contributed by atoms with E-state index < -0.39 is 17.7 Å². The summed E-state index contributed by atoms with van der Waals surface area (Å²) >= 11 is 0. The Labute approximate surface area is 139 Å². The first-order valence-electron chi connectivity index (χ1n) is 7.64. The minimum absolute atomic E-state index is 0.0630. The van der Waals surface area contributed by atoms with Crippen LogP contribution in [0.15, 0.2) is 42.5 Å². The van der Waals surface area contributed by atoms with Gasteiger partial charge in [-0.3, -0.25) is 4.79 Å². The monoisotopic (exact) mass is 334 g/mol. The molecule has 0 aromatic heterocycles. The molecule has 0 unspecified atom stereocenters. The third-order valence-corrected chi connectivity index (χ3v) is 3.36. The van der Waals surface area contributed by atoms with Gasteiger partial charge in [0.15, 0.2) is 0 Å². The predicted molar refractivity (Wildman–Crippen MR) is 88.9 cm³/mol. The van der Waals surface area contributed by atoms with Crippen molar-refractivity contribution in [3.63, 3.8) is 0 Å². The van der Waals surface area contributed by atoms with Crippen LogP contribution in [-0.4, -0.2) is 23.6 Å². The molecule has 0 fully saturated rings. The maximum Gasteiger partial charge on any atom is 0.251 e. The average Bonchev–Trinajstić information content (AvgIpc) is 2.52. The molecule has 0 aliphatic rings. The Morgan fingerprint density at radius 2 is 1.92 bits per heavy atom. The van der Waals surface area contributed by atoms with Crippen LogP contribution in [-0.2, 0) is 0 Å². The van der Waals surface area contributed by atoms with E-state index in [0.717, 1.165) is 17.8 Å². The maximum atomic E-state index is 13.6. The minimum atomic E-state index is -1.26. The second-order valence-electron chi connectivity index (χ2n) is 5.77. The molecule has 2 rings (SSSR count). The Morgan fingerprint density at radius 1 is 1.17 bits per heavy atom. The molecule has 2 aromatic carbocycles. The van der Waals surface area contributed by atoms with Crippen LogP contribution >= 0.6 is 0 Å². The highest BCUT2D eigenvalue weighted by Crippen LogP contribution is 2.18. The molecule has 128 valence electrons. The summed E-state index contributed by atoms with van der Waals surface area (Å²) in [4.78, 5) is 12.2. The van der Waals surface area contributed by atoms with Crippen LogP contribution in [0, 0.1) is 11.6 Å². The number of hydrogen-bond donors (Lipinski definition) is 3. The highest BCUT2D eigenvalue weighted by Gasteiger charge is 2.15.